The van der Waals surface area contributed by atoms with Gasteiger partial charge in [-0.25, -0.2) is 0 Å². The fraction of sp³-hybridized carbons (Fsp3) is 0. The second kappa shape index (κ2) is 5.61. The van der Waals surface area contributed by atoms with E-state index in [0.717, 1.165) is 0 Å². The number of nitro groups is 2. The van der Waals surface area contributed by atoms with Crippen molar-refractivity contribution in [2.24, 2.45) is 5.10 Å². The van der Waals surface area contributed by atoms with Crippen molar-refractivity contribution >= 4 is 23.5 Å². The largest absolute Gasteiger partial charge is 0.433 e. The Balaban J connectivity index is 1.98. The molecule has 9 nitrogen and oxygen atoms in total. The third-order valence-corrected chi connectivity index (χ3v) is 2.26. The number of furan rings is 1. The molecule has 0 unspecified atom stereocenters. The fourth-order valence-electron chi connectivity index (χ4n) is 1.34. The summed E-state index contributed by atoms with van der Waals surface area (Å²) in [6, 6.07) is 8.25. The predicted octanol–water partition coefficient (Wildman–Crippen LogP) is 2.54. The second-order valence-electron chi connectivity index (χ2n) is 3.61. The number of nitrogens with one attached hydrogen (secondary N) is 1. The van der Waals surface area contributed by atoms with Crippen LogP contribution in [0.4, 0.5) is 17.3 Å². The Hall–Kier alpha value is -3.23. The molecule has 1 aromatic heterocycles. The molecule has 0 fully saturated rings. The van der Waals surface area contributed by atoms with E-state index in [4.69, 9.17) is 4.42 Å². The van der Waals surface area contributed by atoms with Crippen molar-refractivity contribution in [3.8, 4) is 0 Å². The van der Waals surface area contributed by atoms with Crippen molar-refractivity contribution in [2.45, 2.75) is 0 Å². The van der Waals surface area contributed by atoms with E-state index in [2.05, 4.69) is 10.5 Å². The number of hydrogen-bond donors (Lipinski definition) is 1. The van der Waals surface area contributed by atoms with Crippen LogP contribution in [0.5, 0.6) is 0 Å². The van der Waals surface area contributed by atoms with Crippen LogP contribution in [0.15, 0.2) is 45.9 Å². The van der Waals surface area contributed by atoms with Gasteiger partial charge in [0.15, 0.2) is 5.76 Å². The highest BCUT2D eigenvalue weighted by molar-refractivity contribution is 5.77. The van der Waals surface area contributed by atoms with Crippen LogP contribution in [-0.4, -0.2) is 16.1 Å². The monoisotopic (exact) mass is 276 g/mol. The zero-order chi connectivity index (χ0) is 14.5. The molecule has 0 amide bonds. The van der Waals surface area contributed by atoms with Gasteiger partial charge in [-0.05, 0) is 18.2 Å². The third kappa shape index (κ3) is 3.16. The van der Waals surface area contributed by atoms with Gasteiger partial charge >= 0.3 is 5.88 Å². The van der Waals surface area contributed by atoms with Crippen LogP contribution >= 0.6 is 0 Å². The van der Waals surface area contributed by atoms with Crippen molar-refractivity contribution in [2.75, 3.05) is 5.43 Å². The summed E-state index contributed by atoms with van der Waals surface area (Å²) in [6.45, 7) is 0. The molecule has 0 aliphatic carbocycles. The highest BCUT2D eigenvalue weighted by atomic mass is 16.6. The van der Waals surface area contributed by atoms with Crippen LogP contribution in [0.3, 0.4) is 0 Å². The first-order chi connectivity index (χ1) is 9.56. The summed E-state index contributed by atoms with van der Waals surface area (Å²) in [7, 11) is 0. The number of nitro benzene ring substituents is 1. The average molecular weight is 276 g/mol. The summed E-state index contributed by atoms with van der Waals surface area (Å²) >= 11 is 0. The lowest BCUT2D eigenvalue weighted by atomic mass is 10.3. The maximum absolute atomic E-state index is 10.5. The minimum absolute atomic E-state index is 0.0267. The normalized spacial score (nSPS) is 10.6. The first-order valence-corrected chi connectivity index (χ1v) is 5.34. The van der Waals surface area contributed by atoms with Crippen molar-refractivity contribution < 1.29 is 14.3 Å². The van der Waals surface area contributed by atoms with Gasteiger partial charge in [0.2, 0.25) is 0 Å². The van der Waals surface area contributed by atoms with Gasteiger partial charge in [0.05, 0.1) is 22.9 Å². The zero-order valence-electron chi connectivity index (χ0n) is 9.92. The van der Waals surface area contributed by atoms with E-state index >= 15 is 0 Å². The summed E-state index contributed by atoms with van der Waals surface area (Å²) in [5, 5.41) is 24.6. The van der Waals surface area contributed by atoms with E-state index in [1.54, 1.807) is 0 Å². The lowest BCUT2D eigenvalue weighted by molar-refractivity contribution is -0.402. The zero-order valence-corrected chi connectivity index (χ0v) is 9.92. The summed E-state index contributed by atoms with van der Waals surface area (Å²) in [5.74, 6) is -0.159. The van der Waals surface area contributed by atoms with Gasteiger partial charge in [-0.3, -0.25) is 25.7 Å². The van der Waals surface area contributed by atoms with Crippen LogP contribution < -0.4 is 5.43 Å². The molecule has 9 heteroatoms. The molecule has 0 saturated carbocycles. The summed E-state index contributed by atoms with van der Waals surface area (Å²) in [4.78, 5) is 19.7. The number of hydrazone groups is 1. The van der Waals surface area contributed by atoms with E-state index in [1.807, 2.05) is 0 Å². The smallest absolute Gasteiger partial charge is 0.400 e. The highest BCUT2D eigenvalue weighted by Gasteiger charge is 2.10. The minimum atomic E-state index is -0.652. The molecule has 0 spiro atoms. The molecular formula is C11H8N4O5. The van der Waals surface area contributed by atoms with E-state index in [9.17, 15) is 20.2 Å². The van der Waals surface area contributed by atoms with Crippen LogP contribution in [0, 0.1) is 20.2 Å². The van der Waals surface area contributed by atoms with Crippen molar-refractivity contribution in [1.82, 2.24) is 0 Å². The Labute approximate surface area is 111 Å². The molecule has 2 aromatic rings. The molecule has 20 heavy (non-hydrogen) atoms. The molecule has 0 atom stereocenters. The first-order valence-electron chi connectivity index (χ1n) is 5.34. The molecule has 0 aliphatic rings. The second-order valence-corrected chi connectivity index (χ2v) is 3.61. The standard InChI is InChI=1S/C11H8N4O5/c16-14(17)9-3-1-8(2-4-9)13-12-7-10-5-6-11(20-10)15(18)19/h1-7,13H/b12-7-. The van der Waals surface area contributed by atoms with Gasteiger partial charge in [0.25, 0.3) is 5.69 Å². The molecule has 0 aliphatic heterocycles. The average Bonchev–Trinajstić information content (AvgIpc) is 2.88. The Bertz CT molecular complexity index is 662. The van der Waals surface area contributed by atoms with Gasteiger partial charge in [-0.2, -0.15) is 5.10 Å². The molecule has 0 radical (unpaired) electrons. The van der Waals surface area contributed by atoms with Crippen LogP contribution in [0.1, 0.15) is 5.76 Å². The van der Waals surface area contributed by atoms with Crippen LogP contribution in [0.25, 0.3) is 0 Å². The van der Waals surface area contributed by atoms with Gasteiger partial charge < -0.3 is 4.42 Å². The van der Waals surface area contributed by atoms with E-state index in [-0.39, 0.29) is 17.3 Å². The molecule has 1 heterocycles. The summed E-state index contributed by atoms with van der Waals surface area (Å²) < 4.78 is 4.86. The summed E-state index contributed by atoms with van der Waals surface area (Å²) in [5.41, 5.74) is 3.12. The van der Waals surface area contributed by atoms with Gasteiger partial charge in [0, 0.05) is 12.1 Å². The van der Waals surface area contributed by atoms with Crippen molar-refractivity contribution in [1.29, 1.82) is 0 Å². The number of non-ortho nitro benzene ring substituents is 1. The van der Waals surface area contributed by atoms with Gasteiger partial charge in [0.1, 0.15) is 4.92 Å². The Morgan fingerprint density at radius 2 is 1.75 bits per heavy atom. The maximum Gasteiger partial charge on any atom is 0.433 e. The Morgan fingerprint density at radius 1 is 1.05 bits per heavy atom. The van der Waals surface area contributed by atoms with Gasteiger partial charge in [-0.1, -0.05) is 0 Å². The first kappa shape index (κ1) is 13.2. The lowest BCUT2D eigenvalue weighted by Crippen LogP contribution is -1.91. The Morgan fingerprint density at radius 3 is 2.30 bits per heavy atom. The highest BCUT2D eigenvalue weighted by Crippen LogP contribution is 2.16. The van der Waals surface area contributed by atoms with Crippen molar-refractivity contribution in [3.63, 3.8) is 0 Å². The predicted molar refractivity (Wildman–Crippen MR) is 69.7 cm³/mol. The lowest BCUT2D eigenvalue weighted by Gasteiger charge is -1.98. The molecular weight excluding hydrogens is 268 g/mol. The SMILES string of the molecule is O=[N+]([O-])c1ccc(N/N=C\c2ccc([N+](=O)[O-])o2)cc1. The number of hydrogen-bond acceptors (Lipinski definition) is 7. The molecule has 1 aromatic carbocycles. The van der Waals surface area contributed by atoms with E-state index in [0.29, 0.717) is 5.69 Å². The topological polar surface area (TPSA) is 124 Å². The molecule has 1 N–H and O–H groups in total. The quantitative estimate of drug-likeness (QED) is 0.508. The van der Waals surface area contributed by atoms with Crippen LogP contribution in [-0.2, 0) is 0 Å². The number of nitrogens with zero attached hydrogens (tertiary/aromatic N) is 3. The molecule has 0 bridgehead atoms. The molecule has 2 rings (SSSR count). The number of rotatable bonds is 5. The molecule has 0 saturated heterocycles. The third-order valence-electron chi connectivity index (χ3n) is 2.26. The summed E-state index contributed by atoms with van der Waals surface area (Å²) in [6.07, 6.45) is 1.26. The molecule has 102 valence electrons. The van der Waals surface area contributed by atoms with Gasteiger partial charge in [-0.15, -0.1) is 0 Å². The van der Waals surface area contributed by atoms with Crippen molar-refractivity contribution in [3.05, 3.63) is 62.4 Å². The minimum Gasteiger partial charge on any atom is -0.400 e. The van der Waals surface area contributed by atoms with E-state index < -0.39 is 9.85 Å². The maximum atomic E-state index is 10.5. The fourth-order valence-corrected chi connectivity index (χ4v) is 1.34. The number of anilines is 1. The van der Waals surface area contributed by atoms with E-state index in [1.165, 1.54) is 42.6 Å². The number of benzene rings is 1. The van der Waals surface area contributed by atoms with Crippen LogP contribution in [0.2, 0.25) is 0 Å². The Kier molecular flexibility index (Phi) is 3.70.